The van der Waals surface area contributed by atoms with Gasteiger partial charge >= 0.3 is 0 Å². The van der Waals surface area contributed by atoms with Crippen molar-refractivity contribution in [3.05, 3.63) is 46.8 Å². The fourth-order valence-electron chi connectivity index (χ4n) is 1.20. The molecule has 0 spiro atoms. The molecule has 0 amide bonds. The van der Waals surface area contributed by atoms with Gasteiger partial charge in [-0.1, -0.05) is 23.2 Å². The lowest BCUT2D eigenvalue weighted by molar-refractivity contribution is 0.601. The molecule has 0 fully saturated rings. The molecule has 0 saturated heterocycles. The quantitative estimate of drug-likeness (QED) is 0.885. The van der Waals surface area contributed by atoms with E-state index in [-0.39, 0.29) is 15.9 Å². The molecule has 0 radical (unpaired) electrons. The van der Waals surface area contributed by atoms with Gasteiger partial charge in [0.2, 0.25) is 0 Å². The fourth-order valence-corrected chi connectivity index (χ4v) is 2.47. The zero-order valence-electron chi connectivity index (χ0n) is 8.84. The van der Waals surface area contributed by atoms with Crippen LogP contribution in [0.2, 0.25) is 10.2 Å². The Kier molecular flexibility index (Phi) is 3.70. The number of benzene rings is 1. The number of nitrogens with zero attached hydrogens (tertiary/aromatic N) is 2. The minimum absolute atomic E-state index is 0.0848. The molecule has 2 rings (SSSR count). The van der Waals surface area contributed by atoms with Gasteiger partial charge in [-0.25, -0.2) is 18.4 Å². The Morgan fingerprint density at radius 2 is 1.72 bits per heavy atom. The van der Waals surface area contributed by atoms with Crippen LogP contribution in [-0.2, 0) is 10.0 Å². The van der Waals surface area contributed by atoms with Gasteiger partial charge in [-0.05, 0) is 24.3 Å². The number of halogens is 2. The van der Waals surface area contributed by atoms with Crippen LogP contribution in [0.4, 0.5) is 5.82 Å². The maximum atomic E-state index is 12.0. The van der Waals surface area contributed by atoms with Crippen molar-refractivity contribution in [1.29, 1.82) is 0 Å². The summed E-state index contributed by atoms with van der Waals surface area (Å²) in [7, 11) is -3.70. The van der Waals surface area contributed by atoms with E-state index in [4.69, 9.17) is 23.2 Å². The minimum Gasteiger partial charge on any atom is -0.263 e. The third-order valence-corrected chi connectivity index (χ3v) is 3.83. The van der Waals surface area contributed by atoms with E-state index in [1.165, 1.54) is 36.7 Å². The summed E-state index contributed by atoms with van der Waals surface area (Å²) >= 11 is 11.3. The van der Waals surface area contributed by atoms with Gasteiger partial charge < -0.3 is 0 Å². The normalized spacial score (nSPS) is 11.2. The molecule has 5 nitrogen and oxygen atoms in total. The zero-order valence-corrected chi connectivity index (χ0v) is 11.2. The molecule has 1 N–H and O–H groups in total. The smallest absolute Gasteiger partial charge is 0.263 e. The Labute approximate surface area is 114 Å². The van der Waals surface area contributed by atoms with Gasteiger partial charge in [0.15, 0.2) is 0 Å². The second kappa shape index (κ2) is 5.09. The van der Waals surface area contributed by atoms with E-state index in [0.29, 0.717) is 5.02 Å². The van der Waals surface area contributed by atoms with Gasteiger partial charge in [0.25, 0.3) is 10.0 Å². The maximum Gasteiger partial charge on any atom is 0.263 e. The summed E-state index contributed by atoms with van der Waals surface area (Å²) in [5.41, 5.74) is 0. The summed E-state index contributed by atoms with van der Waals surface area (Å²) in [5.74, 6) is 0.102. The van der Waals surface area contributed by atoms with Gasteiger partial charge in [-0.15, -0.1) is 0 Å². The molecule has 2 aromatic rings. The number of nitrogens with one attached hydrogen (secondary N) is 1. The SMILES string of the molecule is O=S(=O)(Nc1cc(Cl)ncn1)c1ccc(Cl)cc1. The summed E-state index contributed by atoms with van der Waals surface area (Å²) in [4.78, 5) is 7.50. The first-order chi connectivity index (χ1) is 8.47. The molecular weight excluding hydrogens is 297 g/mol. The molecule has 0 atom stereocenters. The van der Waals surface area contributed by atoms with Gasteiger partial charge in [0.05, 0.1) is 4.90 Å². The van der Waals surface area contributed by atoms with Crippen molar-refractivity contribution >= 4 is 39.0 Å². The molecule has 1 aromatic heterocycles. The van der Waals surface area contributed by atoms with Gasteiger partial charge in [-0.3, -0.25) is 4.72 Å². The number of sulfonamides is 1. The largest absolute Gasteiger partial charge is 0.263 e. The summed E-state index contributed by atoms with van der Waals surface area (Å²) in [5, 5.41) is 0.609. The van der Waals surface area contributed by atoms with Crippen LogP contribution < -0.4 is 4.72 Å². The van der Waals surface area contributed by atoms with Crippen molar-refractivity contribution in [2.24, 2.45) is 0 Å². The maximum absolute atomic E-state index is 12.0. The van der Waals surface area contributed by atoms with Crippen molar-refractivity contribution in [1.82, 2.24) is 9.97 Å². The molecule has 1 aromatic carbocycles. The minimum atomic E-state index is -3.70. The molecular formula is C10H7Cl2N3O2S. The molecule has 94 valence electrons. The third-order valence-electron chi connectivity index (χ3n) is 2.00. The van der Waals surface area contributed by atoms with Crippen molar-refractivity contribution in [3.8, 4) is 0 Å². The molecule has 0 bridgehead atoms. The fraction of sp³-hybridized carbons (Fsp3) is 0. The highest BCUT2D eigenvalue weighted by Gasteiger charge is 2.14. The Hall–Kier alpha value is -1.37. The van der Waals surface area contributed by atoms with E-state index in [1.54, 1.807) is 0 Å². The lowest BCUT2D eigenvalue weighted by Gasteiger charge is -2.06. The van der Waals surface area contributed by atoms with Crippen LogP contribution >= 0.6 is 23.2 Å². The highest BCUT2D eigenvalue weighted by molar-refractivity contribution is 7.92. The molecule has 18 heavy (non-hydrogen) atoms. The molecule has 8 heteroatoms. The first kappa shape index (κ1) is 13.1. The van der Waals surface area contributed by atoms with Crippen molar-refractivity contribution < 1.29 is 8.42 Å². The topological polar surface area (TPSA) is 72.0 Å². The summed E-state index contributed by atoms with van der Waals surface area (Å²) in [6.45, 7) is 0. The number of aromatic nitrogens is 2. The van der Waals surface area contributed by atoms with Gasteiger partial charge in [0.1, 0.15) is 17.3 Å². The lowest BCUT2D eigenvalue weighted by atomic mass is 10.4. The number of rotatable bonds is 3. The van der Waals surface area contributed by atoms with Crippen LogP contribution in [-0.4, -0.2) is 18.4 Å². The lowest BCUT2D eigenvalue weighted by Crippen LogP contribution is -2.13. The highest BCUT2D eigenvalue weighted by Crippen LogP contribution is 2.17. The van der Waals surface area contributed by atoms with E-state index in [2.05, 4.69) is 14.7 Å². The van der Waals surface area contributed by atoms with Gasteiger partial charge in [0, 0.05) is 11.1 Å². The van der Waals surface area contributed by atoms with Crippen LogP contribution in [0.5, 0.6) is 0 Å². The van der Waals surface area contributed by atoms with Crippen LogP contribution in [0, 0.1) is 0 Å². The first-order valence-corrected chi connectivity index (χ1v) is 6.97. The Balaban J connectivity index is 2.30. The van der Waals surface area contributed by atoms with E-state index >= 15 is 0 Å². The van der Waals surface area contributed by atoms with E-state index < -0.39 is 10.0 Å². The van der Waals surface area contributed by atoms with Crippen molar-refractivity contribution in [2.45, 2.75) is 4.90 Å². The second-order valence-electron chi connectivity index (χ2n) is 3.29. The molecule has 1 heterocycles. The highest BCUT2D eigenvalue weighted by atomic mass is 35.5. The van der Waals surface area contributed by atoms with Crippen LogP contribution in [0.25, 0.3) is 0 Å². The zero-order chi connectivity index (χ0) is 13.2. The number of hydrogen-bond acceptors (Lipinski definition) is 4. The first-order valence-electron chi connectivity index (χ1n) is 4.73. The Morgan fingerprint density at radius 1 is 1.06 bits per heavy atom. The van der Waals surface area contributed by atoms with E-state index in [1.807, 2.05) is 0 Å². The van der Waals surface area contributed by atoms with Crippen LogP contribution in [0.1, 0.15) is 0 Å². The van der Waals surface area contributed by atoms with Crippen molar-refractivity contribution in [3.63, 3.8) is 0 Å². The molecule has 0 unspecified atom stereocenters. The Bertz CT molecular complexity index is 659. The summed E-state index contributed by atoms with van der Waals surface area (Å²) in [6, 6.07) is 7.09. The van der Waals surface area contributed by atoms with E-state index in [9.17, 15) is 8.42 Å². The molecule has 0 aliphatic rings. The summed E-state index contributed by atoms with van der Waals surface area (Å²) < 4.78 is 26.2. The second-order valence-corrected chi connectivity index (χ2v) is 5.79. The number of anilines is 1. The molecule has 0 saturated carbocycles. The molecule has 0 aliphatic heterocycles. The average molecular weight is 304 g/mol. The van der Waals surface area contributed by atoms with Crippen LogP contribution in [0.3, 0.4) is 0 Å². The van der Waals surface area contributed by atoms with E-state index in [0.717, 1.165) is 0 Å². The predicted octanol–water partition coefficient (Wildman–Crippen LogP) is 2.58. The summed E-state index contributed by atoms with van der Waals surface area (Å²) in [6.07, 6.45) is 1.17. The third kappa shape index (κ3) is 3.10. The van der Waals surface area contributed by atoms with Crippen molar-refractivity contribution in [2.75, 3.05) is 4.72 Å². The van der Waals surface area contributed by atoms with Gasteiger partial charge in [-0.2, -0.15) is 0 Å². The Morgan fingerprint density at radius 3 is 2.33 bits per heavy atom. The predicted molar refractivity (Wildman–Crippen MR) is 69.3 cm³/mol. The monoisotopic (exact) mass is 303 g/mol. The average Bonchev–Trinajstić information content (AvgIpc) is 2.29. The number of hydrogen-bond donors (Lipinski definition) is 1. The molecule has 0 aliphatic carbocycles. The standard InChI is InChI=1S/C10H7Cl2N3O2S/c11-7-1-3-8(4-2-7)18(16,17)15-10-5-9(12)13-6-14-10/h1-6H,(H,13,14,15). The van der Waals surface area contributed by atoms with Crippen LogP contribution in [0.15, 0.2) is 41.6 Å².